The largest absolute Gasteiger partial charge is 0.756 e. The van der Waals surface area contributed by atoms with E-state index in [1.165, 1.54) is 89.9 Å². The lowest BCUT2D eigenvalue weighted by Gasteiger charge is -2.28. The Kier molecular flexibility index (Phi) is 38.1. The number of phosphoric acid groups is 1. The van der Waals surface area contributed by atoms with Crippen LogP contribution < -0.4 is 4.89 Å². The van der Waals surface area contributed by atoms with Crippen molar-refractivity contribution in [2.24, 2.45) is 0 Å². The van der Waals surface area contributed by atoms with Crippen LogP contribution in [0.5, 0.6) is 0 Å². The molecule has 0 amide bonds. The average Bonchev–Trinajstić information content (AvgIpc) is 3.17. The van der Waals surface area contributed by atoms with Gasteiger partial charge in [0.05, 0.1) is 27.7 Å². The molecule has 0 spiro atoms. The second-order valence-corrected chi connectivity index (χ2v) is 17.5. The number of carbonyl (C=O) groups excluding carboxylic acids is 2. The van der Waals surface area contributed by atoms with E-state index in [1.807, 2.05) is 39.4 Å². The molecular weight excluding hydrogens is 750 g/mol. The van der Waals surface area contributed by atoms with Gasteiger partial charge in [0.2, 0.25) is 0 Å². The minimum Gasteiger partial charge on any atom is -0.756 e. The highest BCUT2D eigenvalue weighted by Gasteiger charge is 2.21. The quantitative estimate of drug-likeness (QED) is 0.0197. The summed E-state index contributed by atoms with van der Waals surface area (Å²) in [5.74, 6) is -0.992. The maximum atomic E-state index is 12.6. The van der Waals surface area contributed by atoms with Gasteiger partial charge in [-0.3, -0.25) is 14.2 Å². The summed E-state index contributed by atoms with van der Waals surface area (Å²) in [7, 11) is 1.10. The van der Waals surface area contributed by atoms with Crippen LogP contribution in [0.3, 0.4) is 0 Å². The van der Waals surface area contributed by atoms with Crippen LogP contribution in [0, 0.1) is 0 Å². The first-order valence-electron chi connectivity index (χ1n) is 22.6. The third kappa shape index (κ3) is 43.0. The van der Waals surface area contributed by atoms with E-state index >= 15 is 0 Å². The van der Waals surface area contributed by atoms with Crippen LogP contribution in [0.15, 0.2) is 72.9 Å². The van der Waals surface area contributed by atoms with Gasteiger partial charge in [-0.25, -0.2) is 0 Å². The maximum Gasteiger partial charge on any atom is 0.306 e. The molecule has 0 radical (unpaired) electrons. The molecule has 0 aromatic carbocycles. The van der Waals surface area contributed by atoms with Gasteiger partial charge in [0.25, 0.3) is 7.82 Å². The number of ether oxygens (including phenoxy) is 2. The number of esters is 2. The van der Waals surface area contributed by atoms with E-state index in [0.29, 0.717) is 23.9 Å². The molecule has 0 rings (SSSR count). The number of likely N-dealkylation sites (N-methyl/N-ethyl adjacent to an activating group) is 1. The molecule has 1 unspecified atom stereocenters. The number of quaternary nitrogens is 1. The molecular formula is C48H84NO8P. The molecule has 0 fully saturated rings. The Bertz CT molecular complexity index is 1220. The molecule has 9 nitrogen and oxygen atoms in total. The molecule has 0 N–H and O–H groups in total. The third-order valence-corrected chi connectivity index (χ3v) is 10.2. The molecule has 0 bridgehead atoms. The first-order valence-corrected chi connectivity index (χ1v) is 24.1. The Labute approximate surface area is 355 Å². The summed E-state index contributed by atoms with van der Waals surface area (Å²) < 4.78 is 33.7. The Morgan fingerprint density at radius 1 is 0.534 bits per heavy atom. The van der Waals surface area contributed by atoms with E-state index in [1.54, 1.807) is 0 Å². The van der Waals surface area contributed by atoms with Crippen LogP contribution in [0.1, 0.15) is 168 Å². The summed E-state index contributed by atoms with van der Waals surface area (Å²) in [6.07, 6.45) is 49.6. The first-order chi connectivity index (χ1) is 28.0. The summed E-state index contributed by atoms with van der Waals surface area (Å²) in [6.45, 7) is 4.06. The average molecular weight is 834 g/mol. The SMILES string of the molecule is CCCCC/C=C/C/C=C/C/C=C/C/C=C/C/C=C/CCC(=O)O[C@H](COC(=O)CC/C=C/CCCCCCCCCCCCC)COP(=O)([O-])OCC[N+](C)(C)C. The monoisotopic (exact) mass is 834 g/mol. The number of hydrogen-bond donors (Lipinski definition) is 0. The molecule has 0 aromatic heterocycles. The van der Waals surface area contributed by atoms with E-state index in [2.05, 4.69) is 68.5 Å². The van der Waals surface area contributed by atoms with Crippen molar-refractivity contribution in [1.29, 1.82) is 0 Å². The van der Waals surface area contributed by atoms with Crippen LogP contribution in [0.25, 0.3) is 0 Å². The van der Waals surface area contributed by atoms with Crippen LogP contribution in [0.4, 0.5) is 0 Å². The second kappa shape index (κ2) is 39.9. The zero-order chi connectivity index (χ0) is 42.8. The Hall–Kier alpha value is -2.55. The van der Waals surface area contributed by atoms with E-state index in [9.17, 15) is 19.0 Å². The summed E-state index contributed by atoms with van der Waals surface area (Å²) in [5, 5.41) is 0. The van der Waals surface area contributed by atoms with Gasteiger partial charge in [-0.1, -0.05) is 164 Å². The van der Waals surface area contributed by atoms with Crippen LogP contribution in [-0.4, -0.2) is 70.0 Å². The molecule has 0 saturated heterocycles. The van der Waals surface area contributed by atoms with Gasteiger partial charge >= 0.3 is 11.9 Å². The van der Waals surface area contributed by atoms with E-state index in [0.717, 1.165) is 38.5 Å². The number of allylic oxidation sites excluding steroid dienone is 12. The van der Waals surface area contributed by atoms with Crippen LogP contribution in [-0.2, 0) is 32.7 Å². The maximum absolute atomic E-state index is 12.6. The van der Waals surface area contributed by atoms with E-state index in [4.69, 9.17) is 18.5 Å². The minimum absolute atomic E-state index is 0.0517. The van der Waals surface area contributed by atoms with Gasteiger partial charge in [0.15, 0.2) is 6.10 Å². The number of hydrogen-bond acceptors (Lipinski definition) is 8. The van der Waals surface area contributed by atoms with Gasteiger partial charge in [-0.15, -0.1) is 0 Å². The number of carbonyl (C=O) groups is 2. The molecule has 0 aliphatic carbocycles. The van der Waals surface area contributed by atoms with Crippen molar-refractivity contribution in [2.75, 3.05) is 47.5 Å². The lowest BCUT2D eigenvalue weighted by molar-refractivity contribution is -0.870. The van der Waals surface area contributed by atoms with Gasteiger partial charge in [-0.2, -0.15) is 0 Å². The van der Waals surface area contributed by atoms with E-state index in [-0.39, 0.29) is 26.1 Å². The molecule has 10 heteroatoms. The topological polar surface area (TPSA) is 111 Å². The molecule has 0 aliphatic rings. The fourth-order valence-electron chi connectivity index (χ4n) is 5.65. The van der Waals surface area contributed by atoms with E-state index < -0.39 is 32.5 Å². The van der Waals surface area contributed by atoms with Crippen LogP contribution >= 0.6 is 7.82 Å². The first kappa shape index (κ1) is 55.5. The van der Waals surface area contributed by atoms with Crippen molar-refractivity contribution in [1.82, 2.24) is 0 Å². The van der Waals surface area contributed by atoms with Gasteiger partial charge in [-0.05, 0) is 64.2 Å². The molecule has 0 heterocycles. The number of phosphoric ester groups is 1. The highest BCUT2D eigenvalue weighted by Crippen LogP contribution is 2.38. The smallest absolute Gasteiger partial charge is 0.306 e. The standard InChI is InChI=1S/C48H84NO8P/c1-6-8-10-12-14-16-18-20-22-23-24-25-27-29-31-33-35-37-39-41-48(51)57-46(45-56-58(52,53)55-43-42-49(3,4)5)44-54-47(50)40-38-36-34-32-30-28-26-21-19-17-15-13-11-9-7-2/h14,16,20,22,24-25,29,31,34-37,46H,6-13,15,17-19,21,23,26-28,30,32-33,38-45H2,1-5H3/b16-14+,22-20+,25-24+,31-29+,36-34+,37-35+/t46-/m1/s1. The van der Waals surface area contributed by atoms with Gasteiger partial charge in [0, 0.05) is 12.8 Å². The lowest BCUT2D eigenvalue weighted by atomic mass is 10.1. The zero-order valence-corrected chi connectivity index (χ0v) is 38.4. The Morgan fingerprint density at radius 3 is 1.45 bits per heavy atom. The van der Waals surface area contributed by atoms with Crippen molar-refractivity contribution in [3.8, 4) is 0 Å². The third-order valence-electron chi connectivity index (χ3n) is 9.23. The predicted molar refractivity (Wildman–Crippen MR) is 240 cm³/mol. The molecule has 58 heavy (non-hydrogen) atoms. The molecule has 0 aliphatic heterocycles. The Balaban J connectivity index is 4.53. The molecule has 2 atom stereocenters. The molecule has 0 aromatic rings. The van der Waals surface area contributed by atoms with Crippen LogP contribution in [0.2, 0.25) is 0 Å². The summed E-state index contributed by atoms with van der Waals surface area (Å²) >= 11 is 0. The summed E-state index contributed by atoms with van der Waals surface area (Å²) in [5.41, 5.74) is 0. The predicted octanol–water partition coefficient (Wildman–Crippen LogP) is 12.4. The van der Waals surface area contributed by atoms with Gasteiger partial charge < -0.3 is 27.9 Å². The summed E-state index contributed by atoms with van der Waals surface area (Å²) in [6, 6.07) is 0. The van der Waals surface area contributed by atoms with Crippen molar-refractivity contribution in [2.45, 2.75) is 174 Å². The molecule has 0 saturated carbocycles. The zero-order valence-electron chi connectivity index (χ0n) is 37.5. The van der Waals surface area contributed by atoms with Gasteiger partial charge in [0.1, 0.15) is 19.8 Å². The Morgan fingerprint density at radius 2 is 0.931 bits per heavy atom. The number of nitrogens with zero attached hydrogens (tertiary/aromatic N) is 1. The minimum atomic E-state index is -4.66. The molecule has 334 valence electrons. The normalized spacial score (nSPS) is 14.2. The summed E-state index contributed by atoms with van der Waals surface area (Å²) in [4.78, 5) is 37.5. The fraction of sp³-hybridized carbons (Fsp3) is 0.708. The fourth-order valence-corrected chi connectivity index (χ4v) is 6.38. The lowest BCUT2D eigenvalue weighted by Crippen LogP contribution is -2.37. The second-order valence-electron chi connectivity index (χ2n) is 16.1. The van der Waals surface area contributed by atoms with Crippen molar-refractivity contribution in [3.05, 3.63) is 72.9 Å². The highest BCUT2D eigenvalue weighted by atomic mass is 31.2. The number of unbranched alkanes of at least 4 members (excludes halogenated alkanes) is 14. The highest BCUT2D eigenvalue weighted by molar-refractivity contribution is 7.45. The van der Waals surface area contributed by atoms with Crippen molar-refractivity contribution < 1.29 is 42.1 Å². The van der Waals surface area contributed by atoms with Crippen molar-refractivity contribution in [3.63, 3.8) is 0 Å². The van der Waals surface area contributed by atoms with Crippen molar-refractivity contribution >= 4 is 19.8 Å². The number of rotatable bonds is 40.